The van der Waals surface area contributed by atoms with Crippen LogP contribution in [0.5, 0.6) is 0 Å². The number of nitrogens with one attached hydrogen (secondary N) is 1. The van der Waals surface area contributed by atoms with Gasteiger partial charge in [0.1, 0.15) is 12.1 Å². The molecule has 8 nitrogen and oxygen atoms in total. The lowest BCUT2D eigenvalue weighted by atomic mass is 10.0. The van der Waals surface area contributed by atoms with Gasteiger partial charge in [-0.1, -0.05) is 19.9 Å². The van der Waals surface area contributed by atoms with Crippen molar-refractivity contribution in [3.63, 3.8) is 0 Å². The lowest BCUT2D eigenvalue weighted by Gasteiger charge is -2.21. The molecule has 0 amide bonds. The van der Waals surface area contributed by atoms with Crippen LogP contribution in [0.4, 0.5) is 8.78 Å². The summed E-state index contributed by atoms with van der Waals surface area (Å²) in [5, 5.41) is 21.3. The summed E-state index contributed by atoms with van der Waals surface area (Å²) in [4.78, 5) is 35.5. The van der Waals surface area contributed by atoms with Crippen LogP contribution in [0.2, 0.25) is 0 Å². The standard InChI is InChI=1S/C19H23F2N3O5/c1-11(2)7-15(17(25)26)22-16(18(27)28)10-24-6-5-23(19(24)29)9-12-3-4-13(20)14(21)8-12/h3-6,8,11,15-16,22H,7,9-10H2,1-2H3,(H,25,26)(H,27,28). The molecule has 29 heavy (non-hydrogen) atoms. The van der Waals surface area contributed by atoms with Crippen LogP contribution >= 0.6 is 0 Å². The van der Waals surface area contributed by atoms with E-state index < -0.39 is 41.3 Å². The molecule has 2 unspecified atom stereocenters. The SMILES string of the molecule is CC(C)CC(NC(Cn1ccn(Cc2ccc(F)c(F)c2)c1=O)C(=O)O)C(=O)O. The maximum absolute atomic E-state index is 13.3. The minimum atomic E-state index is -1.30. The Morgan fingerprint density at radius 1 is 1.03 bits per heavy atom. The summed E-state index contributed by atoms with van der Waals surface area (Å²) < 4.78 is 28.7. The Morgan fingerprint density at radius 2 is 1.66 bits per heavy atom. The van der Waals surface area contributed by atoms with Crippen molar-refractivity contribution in [1.29, 1.82) is 0 Å². The van der Waals surface area contributed by atoms with Gasteiger partial charge in [0.2, 0.25) is 0 Å². The number of hydrogen-bond donors (Lipinski definition) is 3. The third-order valence-electron chi connectivity index (χ3n) is 4.34. The van der Waals surface area contributed by atoms with Gasteiger partial charge < -0.3 is 10.2 Å². The molecule has 1 aromatic heterocycles. The predicted molar refractivity (Wildman–Crippen MR) is 99.6 cm³/mol. The number of imidazole rings is 1. The third-order valence-corrected chi connectivity index (χ3v) is 4.34. The van der Waals surface area contributed by atoms with Crippen molar-refractivity contribution >= 4 is 11.9 Å². The Balaban J connectivity index is 2.16. The van der Waals surface area contributed by atoms with Crippen LogP contribution < -0.4 is 11.0 Å². The van der Waals surface area contributed by atoms with Crippen LogP contribution in [-0.4, -0.2) is 43.4 Å². The van der Waals surface area contributed by atoms with Crippen LogP contribution in [0.3, 0.4) is 0 Å². The number of aromatic nitrogens is 2. The molecule has 10 heteroatoms. The minimum Gasteiger partial charge on any atom is -0.480 e. The van der Waals surface area contributed by atoms with Crippen LogP contribution in [0.15, 0.2) is 35.4 Å². The van der Waals surface area contributed by atoms with Gasteiger partial charge in [-0.25, -0.2) is 13.6 Å². The Labute approximate surface area is 165 Å². The molecule has 0 spiro atoms. The van der Waals surface area contributed by atoms with Crippen LogP contribution in [-0.2, 0) is 22.7 Å². The fraction of sp³-hybridized carbons (Fsp3) is 0.421. The molecule has 0 saturated heterocycles. The van der Waals surface area contributed by atoms with Crippen molar-refractivity contribution in [2.24, 2.45) is 5.92 Å². The van der Waals surface area contributed by atoms with Gasteiger partial charge in [0.05, 0.1) is 13.1 Å². The molecule has 0 aliphatic carbocycles. The van der Waals surface area contributed by atoms with E-state index in [-0.39, 0.29) is 25.4 Å². The number of benzene rings is 1. The second-order valence-electron chi connectivity index (χ2n) is 7.19. The first-order chi connectivity index (χ1) is 13.6. The van der Waals surface area contributed by atoms with Gasteiger partial charge in [0, 0.05) is 12.4 Å². The zero-order valence-electron chi connectivity index (χ0n) is 16.0. The maximum atomic E-state index is 13.3. The first-order valence-corrected chi connectivity index (χ1v) is 8.99. The fourth-order valence-corrected chi connectivity index (χ4v) is 2.90. The third kappa shape index (κ3) is 5.98. The molecule has 2 aromatic rings. The number of hydrogen-bond acceptors (Lipinski definition) is 4. The van der Waals surface area contributed by atoms with E-state index in [0.29, 0.717) is 5.56 Å². The smallest absolute Gasteiger partial charge is 0.328 e. The van der Waals surface area contributed by atoms with Crippen LogP contribution in [0, 0.1) is 17.6 Å². The number of carboxylic acid groups (broad SMARTS) is 2. The van der Waals surface area contributed by atoms with Gasteiger partial charge in [-0.15, -0.1) is 0 Å². The monoisotopic (exact) mass is 411 g/mol. The van der Waals surface area contributed by atoms with Crippen molar-refractivity contribution in [3.8, 4) is 0 Å². The quantitative estimate of drug-likeness (QED) is 0.546. The molecular weight excluding hydrogens is 388 g/mol. The van der Waals surface area contributed by atoms with E-state index >= 15 is 0 Å². The van der Waals surface area contributed by atoms with E-state index in [1.54, 1.807) is 0 Å². The number of carboxylic acids is 2. The Kier molecular flexibility index (Phi) is 7.27. The number of rotatable bonds is 10. The average Bonchev–Trinajstić information content (AvgIpc) is 2.96. The molecular formula is C19H23F2N3O5. The number of carbonyl (C=O) groups is 2. The van der Waals surface area contributed by atoms with Crippen LogP contribution in [0.1, 0.15) is 25.8 Å². The average molecular weight is 411 g/mol. The highest BCUT2D eigenvalue weighted by molar-refractivity contribution is 5.77. The Bertz CT molecular complexity index is 938. The molecule has 0 aliphatic heterocycles. The molecule has 1 aromatic carbocycles. The molecule has 0 aliphatic rings. The van der Waals surface area contributed by atoms with Gasteiger partial charge in [-0.3, -0.25) is 24.0 Å². The maximum Gasteiger partial charge on any atom is 0.328 e. The number of nitrogens with zero attached hydrogens (tertiary/aromatic N) is 2. The minimum absolute atomic E-state index is 0.0259. The molecule has 0 saturated carbocycles. The van der Waals surface area contributed by atoms with Crippen molar-refractivity contribution < 1.29 is 28.6 Å². The molecule has 2 rings (SSSR count). The molecule has 3 N–H and O–H groups in total. The Morgan fingerprint density at radius 3 is 2.21 bits per heavy atom. The summed E-state index contributed by atoms with van der Waals surface area (Å²) in [7, 11) is 0. The number of aliphatic carboxylic acids is 2. The zero-order chi connectivity index (χ0) is 21.7. The second-order valence-corrected chi connectivity index (χ2v) is 7.19. The highest BCUT2D eigenvalue weighted by Gasteiger charge is 2.27. The first-order valence-electron chi connectivity index (χ1n) is 8.99. The summed E-state index contributed by atoms with van der Waals surface area (Å²) in [6.45, 7) is 3.31. The van der Waals surface area contributed by atoms with E-state index in [4.69, 9.17) is 0 Å². The molecule has 1 heterocycles. The predicted octanol–water partition coefficient (Wildman–Crippen LogP) is 1.52. The normalized spacial score (nSPS) is 13.4. The van der Waals surface area contributed by atoms with Crippen molar-refractivity contribution in [2.45, 2.75) is 45.4 Å². The summed E-state index contributed by atoms with van der Waals surface area (Å²) >= 11 is 0. The molecule has 2 atom stereocenters. The molecule has 0 radical (unpaired) electrons. The summed E-state index contributed by atoms with van der Waals surface area (Å²) in [5.74, 6) is -4.47. The van der Waals surface area contributed by atoms with E-state index in [2.05, 4.69) is 5.32 Å². The van der Waals surface area contributed by atoms with Crippen molar-refractivity contribution in [3.05, 3.63) is 58.3 Å². The lowest BCUT2D eigenvalue weighted by molar-refractivity contribution is -0.143. The number of halogens is 2. The van der Waals surface area contributed by atoms with Gasteiger partial charge in [-0.2, -0.15) is 0 Å². The zero-order valence-corrected chi connectivity index (χ0v) is 16.0. The second kappa shape index (κ2) is 9.46. The van der Waals surface area contributed by atoms with Crippen molar-refractivity contribution in [1.82, 2.24) is 14.5 Å². The highest BCUT2D eigenvalue weighted by atomic mass is 19.2. The fourth-order valence-electron chi connectivity index (χ4n) is 2.90. The Hall–Kier alpha value is -3.01. The summed E-state index contributed by atoms with van der Waals surface area (Å²) in [5.41, 5.74) is -0.196. The van der Waals surface area contributed by atoms with Gasteiger partial charge >= 0.3 is 17.6 Å². The van der Waals surface area contributed by atoms with Gasteiger partial charge in [0.15, 0.2) is 11.6 Å². The van der Waals surface area contributed by atoms with E-state index in [9.17, 15) is 33.4 Å². The molecule has 0 fully saturated rings. The van der Waals surface area contributed by atoms with Gasteiger partial charge in [0.25, 0.3) is 0 Å². The highest BCUT2D eigenvalue weighted by Crippen LogP contribution is 2.10. The first kappa shape index (κ1) is 22.3. The van der Waals surface area contributed by atoms with Crippen molar-refractivity contribution in [2.75, 3.05) is 0 Å². The van der Waals surface area contributed by atoms with E-state index in [1.807, 2.05) is 13.8 Å². The van der Waals surface area contributed by atoms with E-state index in [1.165, 1.54) is 23.0 Å². The topological polar surface area (TPSA) is 114 Å². The summed E-state index contributed by atoms with van der Waals surface area (Å²) in [6, 6.07) is 0.900. The largest absolute Gasteiger partial charge is 0.480 e. The van der Waals surface area contributed by atoms with Gasteiger partial charge in [-0.05, 0) is 30.0 Å². The summed E-state index contributed by atoms with van der Waals surface area (Å²) in [6.07, 6.45) is 2.98. The molecule has 0 bridgehead atoms. The van der Waals surface area contributed by atoms with E-state index in [0.717, 1.165) is 16.7 Å². The molecule has 158 valence electrons. The lowest BCUT2D eigenvalue weighted by Crippen LogP contribution is -2.50. The van der Waals surface area contributed by atoms with Crippen LogP contribution in [0.25, 0.3) is 0 Å².